The molecule has 0 heterocycles. The van der Waals surface area contributed by atoms with E-state index in [1.165, 1.54) is 0 Å². The fraction of sp³-hybridized carbons (Fsp3) is 0.636. The van der Waals surface area contributed by atoms with Crippen molar-refractivity contribution in [2.75, 3.05) is 0 Å². The smallest absolute Gasteiger partial charge is 0.132 e. The molecule has 0 amide bonds. The highest BCUT2D eigenvalue weighted by Gasteiger charge is 2.15. The maximum absolute atomic E-state index is 11.1. The molecule has 13 heavy (non-hydrogen) atoms. The predicted octanol–water partition coefficient (Wildman–Crippen LogP) is 2.71. The first-order valence-electron chi connectivity index (χ1n) is 4.69. The molecule has 2 heteroatoms. The van der Waals surface area contributed by atoms with Gasteiger partial charge in [-0.2, -0.15) is 5.26 Å². The van der Waals surface area contributed by atoms with E-state index in [-0.39, 0.29) is 17.6 Å². The highest BCUT2D eigenvalue weighted by Crippen LogP contribution is 2.17. The second-order valence-corrected chi connectivity index (χ2v) is 3.25. The third-order valence-electron chi connectivity index (χ3n) is 2.11. The van der Waals surface area contributed by atoms with Crippen LogP contribution in [0.1, 0.15) is 33.6 Å². The van der Waals surface area contributed by atoms with E-state index in [2.05, 4.69) is 6.07 Å². The number of carbonyl (C=O) groups excluding carboxylic acids is 1. The summed E-state index contributed by atoms with van der Waals surface area (Å²) in [6.07, 6.45) is 4.80. The van der Waals surface area contributed by atoms with E-state index >= 15 is 0 Å². The summed E-state index contributed by atoms with van der Waals surface area (Å²) in [6.45, 7) is 5.69. The summed E-state index contributed by atoms with van der Waals surface area (Å²) in [5, 5.41) is 8.80. The summed E-state index contributed by atoms with van der Waals surface area (Å²) >= 11 is 0. The Bertz CT molecular complexity index is 225. The highest BCUT2D eigenvalue weighted by atomic mass is 16.1. The molecule has 0 aromatic carbocycles. The number of rotatable bonds is 5. The van der Waals surface area contributed by atoms with E-state index in [0.717, 1.165) is 0 Å². The van der Waals surface area contributed by atoms with Gasteiger partial charge in [0, 0.05) is 12.8 Å². The summed E-state index contributed by atoms with van der Waals surface area (Å²) in [5.74, 6) is 0.242. The van der Waals surface area contributed by atoms with Gasteiger partial charge in [0.25, 0.3) is 0 Å². The maximum atomic E-state index is 11.1. The number of hydrogen-bond acceptors (Lipinski definition) is 2. The molecule has 0 aliphatic heterocycles. The van der Waals surface area contributed by atoms with Crippen molar-refractivity contribution in [3.63, 3.8) is 0 Å². The van der Waals surface area contributed by atoms with Crippen LogP contribution in [0, 0.1) is 23.2 Å². The third kappa shape index (κ3) is 4.47. The van der Waals surface area contributed by atoms with Crippen LogP contribution in [0.25, 0.3) is 0 Å². The minimum atomic E-state index is -0.125. The van der Waals surface area contributed by atoms with Gasteiger partial charge in [-0.05, 0) is 12.8 Å². The van der Waals surface area contributed by atoms with Crippen LogP contribution in [0.5, 0.6) is 0 Å². The van der Waals surface area contributed by atoms with Crippen molar-refractivity contribution in [3.8, 4) is 6.07 Å². The van der Waals surface area contributed by atoms with Crippen LogP contribution in [0.4, 0.5) is 0 Å². The van der Waals surface area contributed by atoms with Crippen LogP contribution < -0.4 is 0 Å². The lowest BCUT2D eigenvalue weighted by Gasteiger charge is -2.12. The van der Waals surface area contributed by atoms with Crippen molar-refractivity contribution in [2.24, 2.45) is 11.8 Å². The van der Waals surface area contributed by atoms with E-state index in [1.54, 1.807) is 0 Å². The lowest BCUT2D eigenvalue weighted by Crippen LogP contribution is -2.12. The molecule has 2 nitrogen and oxygen atoms in total. The van der Waals surface area contributed by atoms with Crippen LogP contribution in [-0.4, -0.2) is 5.78 Å². The zero-order valence-electron chi connectivity index (χ0n) is 8.58. The van der Waals surface area contributed by atoms with Crippen LogP contribution in [0.2, 0.25) is 0 Å². The molecule has 0 aromatic heterocycles. The lowest BCUT2D eigenvalue weighted by atomic mass is 9.90. The topological polar surface area (TPSA) is 40.9 Å². The van der Waals surface area contributed by atoms with Crippen LogP contribution in [-0.2, 0) is 4.79 Å². The van der Waals surface area contributed by atoms with Crippen molar-refractivity contribution in [1.29, 1.82) is 5.26 Å². The Morgan fingerprint density at radius 3 is 2.62 bits per heavy atom. The minimum absolute atomic E-state index is 0.125. The molecule has 2 atom stereocenters. The summed E-state index contributed by atoms with van der Waals surface area (Å²) in [5.41, 5.74) is 0. The number of carbonyl (C=O) groups is 1. The Morgan fingerprint density at radius 2 is 2.23 bits per heavy atom. The zero-order valence-corrected chi connectivity index (χ0v) is 8.58. The second-order valence-electron chi connectivity index (χ2n) is 3.25. The van der Waals surface area contributed by atoms with E-state index in [4.69, 9.17) is 5.26 Å². The van der Waals surface area contributed by atoms with Crippen molar-refractivity contribution >= 4 is 5.78 Å². The largest absolute Gasteiger partial charge is 0.300 e. The van der Waals surface area contributed by atoms with E-state index in [9.17, 15) is 4.79 Å². The van der Waals surface area contributed by atoms with Gasteiger partial charge in [-0.1, -0.05) is 26.0 Å². The van der Waals surface area contributed by atoms with Gasteiger partial charge in [-0.25, -0.2) is 0 Å². The first-order chi connectivity index (χ1) is 6.15. The Labute approximate surface area is 80.3 Å². The standard InChI is InChI=1S/C11H17NO/c1-4-6-10(8-12)9(3)7-11(13)5-2/h4,6,9-10H,5,7H2,1-3H3/b6-4+/t9-,10-/m1/s1. The maximum Gasteiger partial charge on any atom is 0.132 e. The average molecular weight is 179 g/mol. The van der Waals surface area contributed by atoms with Gasteiger partial charge in [0.1, 0.15) is 5.78 Å². The lowest BCUT2D eigenvalue weighted by molar-refractivity contribution is -0.119. The predicted molar refractivity (Wildman–Crippen MR) is 53.0 cm³/mol. The number of ketones is 1. The molecule has 0 rings (SSSR count). The first kappa shape index (κ1) is 11.9. The van der Waals surface area contributed by atoms with Crippen LogP contribution in [0.15, 0.2) is 12.2 Å². The SMILES string of the molecule is C/C=C/[C@H](C#N)[C@H](C)CC(=O)CC. The van der Waals surface area contributed by atoms with Gasteiger partial charge < -0.3 is 0 Å². The molecule has 0 unspecified atom stereocenters. The molecule has 0 radical (unpaired) electrons. The van der Waals surface area contributed by atoms with E-state index in [1.807, 2.05) is 32.9 Å². The fourth-order valence-electron chi connectivity index (χ4n) is 1.20. The molecule has 0 saturated carbocycles. The highest BCUT2D eigenvalue weighted by molar-refractivity contribution is 5.78. The Balaban J connectivity index is 4.15. The van der Waals surface area contributed by atoms with Crippen LogP contribution in [0.3, 0.4) is 0 Å². The molecule has 0 aliphatic carbocycles. The average Bonchev–Trinajstić information content (AvgIpc) is 2.13. The summed E-state index contributed by atoms with van der Waals surface area (Å²) < 4.78 is 0. The van der Waals surface area contributed by atoms with Crippen molar-refractivity contribution in [3.05, 3.63) is 12.2 Å². The quantitative estimate of drug-likeness (QED) is 0.609. The number of hydrogen-bond donors (Lipinski definition) is 0. The molecule has 0 saturated heterocycles. The number of allylic oxidation sites excluding steroid dienone is 2. The van der Waals surface area contributed by atoms with Gasteiger partial charge in [-0.15, -0.1) is 0 Å². The molecule has 0 N–H and O–H groups in total. The Morgan fingerprint density at radius 1 is 1.62 bits per heavy atom. The third-order valence-corrected chi connectivity index (χ3v) is 2.11. The van der Waals surface area contributed by atoms with Crippen molar-refractivity contribution in [1.82, 2.24) is 0 Å². The molecule has 72 valence electrons. The van der Waals surface area contributed by atoms with Gasteiger partial charge in [0.15, 0.2) is 0 Å². The molecule has 0 spiro atoms. The van der Waals surface area contributed by atoms with Gasteiger partial charge >= 0.3 is 0 Å². The van der Waals surface area contributed by atoms with E-state index < -0.39 is 0 Å². The van der Waals surface area contributed by atoms with Crippen molar-refractivity contribution < 1.29 is 4.79 Å². The summed E-state index contributed by atoms with van der Waals surface area (Å²) in [7, 11) is 0. The normalized spacial score (nSPS) is 15.2. The number of nitrogens with zero attached hydrogens (tertiary/aromatic N) is 1. The summed E-state index contributed by atoms with van der Waals surface area (Å²) in [6, 6.07) is 2.19. The van der Waals surface area contributed by atoms with Crippen molar-refractivity contribution in [2.45, 2.75) is 33.6 Å². The number of Topliss-reactive ketones (excluding diaryl/α,β-unsaturated/α-hetero) is 1. The van der Waals surface area contributed by atoms with Crippen LogP contribution >= 0.6 is 0 Å². The molecular formula is C11H17NO. The molecule has 0 aliphatic rings. The number of nitriles is 1. The van der Waals surface area contributed by atoms with Gasteiger partial charge in [0.05, 0.1) is 12.0 Å². The zero-order chi connectivity index (χ0) is 10.3. The second kappa shape index (κ2) is 6.42. The monoisotopic (exact) mass is 179 g/mol. The molecule has 0 bridgehead atoms. The molecule has 0 aromatic rings. The molecule has 0 fully saturated rings. The van der Waals surface area contributed by atoms with Gasteiger partial charge in [0.2, 0.25) is 0 Å². The minimum Gasteiger partial charge on any atom is -0.300 e. The Kier molecular flexibility index (Phi) is 5.88. The van der Waals surface area contributed by atoms with E-state index in [0.29, 0.717) is 12.8 Å². The summed E-state index contributed by atoms with van der Waals surface area (Å²) in [4.78, 5) is 11.1. The fourth-order valence-corrected chi connectivity index (χ4v) is 1.20. The Hall–Kier alpha value is -1.10. The first-order valence-corrected chi connectivity index (χ1v) is 4.69. The van der Waals surface area contributed by atoms with Gasteiger partial charge in [-0.3, -0.25) is 4.79 Å². The molecular weight excluding hydrogens is 162 g/mol.